The predicted octanol–water partition coefficient (Wildman–Crippen LogP) is 5.39. The van der Waals surface area contributed by atoms with Crippen molar-refractivity contribution < 1.29 is 9.53 Å². The molecular formula is C26H25N3O2S. The fourth-order valence-electron chi connectivity index (χ4n) is 3.88. The molecule has 4 aromatic rings. The number of hydrogen-bond acceptors (Lipinski definition) is 4. The Labute approximate surface area is 193 Å². The maximum Gasteiger partial charge on any atom is 0.338 e. The van der Waals surface area contributed by atoms with Crippen LogP contribution in [0.1, 0.15) is 39.8 Å². The number of anilines is 1. The standard InChI is InChI=1S/C26H25N3O2S/c1-3-31-26(30)19-10-12-21(13-11-19)28-25(32)24-18(2)22(29-17-7-5-9-23(24)29)15-14-20-8-4-6-16-27-20/h4-13,16-17H,3,14-15H2,1-2H3,(H,28,32). The van der Waals surface area contributed by atoms with Gasteiger partial charge in [-0.25, -0.2) is 4.79 Å². The van der Waals surface area contributed by atoms with Crippen molar-refractivity contribution >= 4 is 34.4 Å². The van der Waals surface area contributed by atoms with E-state index in [2.05, 4.69) is 40.0 Å². The van der Waals surface area contributed by atoms with Crippen molar-refractivity contribution in [3.63, 3.8) is 0 Å². The molecule has 5 nitrogen and oxygen atoms in total. The van der Waals surface area contributed by atoms with Gasteiger partial charge in [0.1, 0.15) is 4.99 Å². The molecule has 0 aliphatic carbocycles. The van der Waals surface area contributed by atoms with Crippen molar-refractivity contribution in [1.82, 2.24) is 9.38 Å². The van der Waals surface area contributed by atoms with Crippen LogP contribution in [0.15, 0.2) is 73.1 Å². The summed E-state index contributed by atoms with van der Waals surface area (Å²) in [6.45, 7) is 4.27. The van der Waals surface area contributed by atoms with Gasteiger partial charge in [-0.05, 0) is 80.8 Å². The lowest BCUT2D eigenvalue weighted by Crippen LogP contribution is -2.12. The normalized spacial score (nSPS) is 10.8. The number of rotatable bonds is 7. The highest BCUT2D eigenvalue weighted by Crippen LogP contribution is 2.26. The van der Waals surface area contributed by atoms with E-state index in [1.165, 1.54) is 5.69 Å². The number of carbonyl (C=O) groups is 1. The van der Waals surface area contributed by atoms with Crippen molar-refractivity contribution in [3.05, 3.63) is 101 Å². The van der Waals surface area contributed by atoms with E-state index in [1.54, 1.807) is 19.1 Å². The SMILES string of the molecule is CCOC(=O)c1ccc(NC(=S)c2c(C)c(CCc3ccccn3)n3ccccc23)cc1. The molecule has 4 rings (SSSR count). The monoisotopic (exact) mass is 443 g/mol. The summed E-state index contributed by atoms with van der Waals surface area (Å²) in [5.41, 5.74) is 6.89. The van der Waals surface area contributed by atoms with Gasteiger partial charge in [0.25, 0.3) is 0 Å². The van der Waals surface area contributed by atoms with Crippen LogP contribution < -0.4 is 5.32 Å². The van der Waals surface area contributed by atoms with Gasteiger partial charge in [0.05, 0.1) is 17.7 Å². The van der Waals surface area contributed by atoms with Gasteiger partial charge >= 0.3 is 5.97 Å². The summed E-state index contributed by atoms with van der Waals surface area (Å²) in [6.07, 6.45) is 5.63. The fraction of sp³-hybridized carbons (Fsp3) is 0.192. The van der Waals surface area contributed by atoms with Crippen molar-refractivity contribution in [1.29, 1.82) is 0 Å². The van der Waals surface area contributed by atoms with Gasteiger partial charge in [-0.2, -0.15) is 0 Å². The lowest BCUT2D eigenvalue weighted by Gasteiger charge is -2.10. The van der Waals surface area contributed by atoms with Gasteiger partial charge in [0, 0.05) is 35.0 Å². The lowest BCUT2D eigenvalue weighted by molar-refractivity contribution is 0.0526. The first-order chi connectivity index (χ1) is 15.6. The van der Waals surface area contributed by atoms with E-state index in [1.807, 2.05) is 42.6 Å². The molecule has 0 saturated carbocycles. The summed E-state index contributed by atoms with van der Waals surface area (Å²) < 4.78 is 7.26. The Bertz CT molecular complexity index is 1250. The highest BCUT2D eigenvalue weighted by atomic mass is 32.1. The van der Waals surface area contributed by atoms with E-state index < -0.39 is 0 Å². The first-order valence-corrected chi connectivity index (χ1v) is 11.1. The van der Waals surface area contributed by atoms with E-state index in [-0.39, 0.29) is 5.97 Å². The molecule has 0 saturated heterocycles. The zero-order valence-electron chi connectivity index (χ0n) is 18.2. The van der Waals surface area contributed by atoms with Crippen LogP contribution in [0.4, 0.5) is 5.69 Å². The summed E-state index contributed by atoms with van der Waals surface area (Å²) in [5.74, 6) is -0.326. The van der Waals surface area contributed by atoms with Crippen LogP contribution in [-0.2, 0) is 17.6 Å². The minimum absolute atomic E-state index is 0.326. The number of aryl methyl sites for hydroxylation is 2. The second-order valence-electron chi connectivity index (χ2n) is 7.48. The number of nitrogens with one attached hydrogen (secondary N) is 1. The molecule has 0 amide bonds. The zero-order chi connectivity index (χ0) is 22.5. The molecule has 6 heteroatoms. The highest BCUT2D eigenvalue weighted by Gasteiger charge is 2.18. The number of esters is 1. The van der Waals surface area contributed by atoms with E-state index in [4.69, 9.17) is 17.0 Å². The van der Waals surface area contributed by atoms with Crippen LogP contribution in [0.2, 0.25) is 0 Å². The number of nitrogens with zero attached hydrogens (tertiary/aromatic N) is 2. The summed E-state index contributed by atoms with van der Waals surface area (Å²) >= 11 is 5.81. The Balaban J connectivity index is 1.59. The van der Waals surface area contributed by atoms with Crippen molar-refractivity contribution in [2.45, 2.75) is 26.7 Å². The average Bonchev–Trinajstić information content (AvgIpc) is 3.10. The summed E-state index contributed by atoms with van der Waals surface area (Å²) in [4.78, 5) is 17.0. The number of ether oxygens (including phenoxy) is 1. The summed E-state index contributed by atoms with van der Waals surface area (Å²) in [5, 5.41) is 3.33. The van der Waals surface area contributed by atoms with Crippen molar-refractivity contribution in [2.24, 2.45) is 0 Å². The number of fused-ring (bicyclic) bond motifs is 1. The fourth-order valence-corrected chi connectivity index (χ4v) is 4.26. The van der Waals surface area contributed by atoms with E-state index >= 15 is 0 Å². The molecule has 3 heterocycles. The smallest absolute Gasteiger partial charge is 0.338 e. The number of benzene rings is 1. The number of carbonyl (C=O) groups excluding carboxylic acids is 1. The maximum absolute atomic E-state index is 11.9. The topological polar surface area (TPSA) is 55.6 Å². The molecule has 0 fully saturated rings. The largest absolute Gasteiger partial charge is 0.462 e. The van der Waals surface area contributed by atoms with Crippen LogP contribution in [0.25, 0.3) is 5.52 Å². The van der Waals surface area contributed by atoms with Gasteiger partial charge in [-0.3, -0.25) is 4.98 Å². The van der Waals surface area contributed by atoms with Crippen LogP contribution in [0.5, 0.6) is 0 Å². The maximum atomic E-state index is 11.9. The Morgan fingerprint density at radius 2 is 1.84 bits per heavy atom. The molecule has 1 aromatic carbocycles. The molecular weight excluding hydrogens is 418 g/mol. The van der Waals surface area contributed by atoms with E-state index in [9.17, 15) is 4.79 Å². The van der Waals surface area contributed by atoms with Crippen LogP contribution in [-0.4, -0.2) is 26.9 Å². The molecule has 3 aromatic heterocycles. The third-order valence-electron chi connectivity index (χ3n) is 5.44. The Morgan fingerprint density at radius 3 is 2.56 bits per heavy atom. The average molecular weight is 444 g/mol. The Kier molecular flexibility index (Phi) is 6.61. The van der Waals surface area contributed by atoms with Gasteiger partial charge in [-0.1, -0.05) is 24.4 Å². The van der Waals surface area contributed by atoms with Crippen molar-refractivity contribution in [3.8, 4) is 0 Å². The third kappa shape index (κ3) is 4.55. The molecule has 0 bridgehead atoms. The first-order valence-electron chi connectivity index (χ1n) is 10.7. The van der Waals surface area contributed by atoms with Gasteiger partial charge < -0.3 is 14.5 Å². The molecule has 0 spiro atoms. The van der Waals surface area contributed by atoms with Crippen molar-refractivity contribution in [2.75, 3.05) is 11.9 Å². The highest BCUT2D eigenvalue weighted by molar-refractivity contribution is 7.81. The van der Waals surface area contributed by atoms with Gasteiger partial charge in [0.2, 0.25) is 0 Å². The number of aromatic nitrogens is 2. The Morgan fingerprint density at radius 1 is 1.06 bits per heavy atom. The molecule has 162 valence electrons. The quantitative estimate of drug-likeness (QED) is 0.306. The van der Waals surface area contributed by atoms with Crippen LogP contribution in [0, 0.1) is 6.92 Å². The molecule has 0 radical (unpaired) electrons. The molecule has 0 unspecified atom stereocenters. The number of pyridine rings is 2. The predicted molar refractivity (Wildman–Crippen MR) is 132 cm³/mol. The van der Waals surface area contributed by atoms with Crippen LogP contribution in [0.3, 0.4) is 0 Å². The summed E-state index contributed by atoms with van der Waals surface area (Å²) in [7, 11) is 0. The zero-order valence-corrected chi connectivity index (χ0v) is 19.0. The molecule has 0 aliphatic heterocycles. The number of hydrogen-bond donors (Lipinski definition) is 1. The van der Waals surface area contributed by atoms with Gasteiger partial charge in [-0.15, -0.1) is 0 Å². The van der Waals surface area contributed by atoms with Crippen LogP contribution >= 0.6 is 12.2 Å². The van der Waals surface area contributed by atoms with Gasteiger partial charge in [0.15, 0.2) is 0 Å². The minimum atomic E-state index is -0.326. The van der Waals surface area contributed by atoms with E-state index in [0.717, 1.165) is 40.9 Å². The molecule has 0 atom stereocenters. The molecule has 32 heavy (non-hydrogen) atoms. The minimum Gasteiger partial charge on any atom is -0.462 e. The third-order valence-corrected chi connectivity index (χ3v) is 5.75. The lowest BCUT2D eigenvalue weighted by atomic mass is 10.1. The number of thiocarbonyl (C=S) groups is 1. The second-order valence-corrected chi connectivity index (χ2v) is 7.88. The Hall–Kier alpha value is -3.51. The molecule has 1 N–H and O–H groups in total. The molecule has 0 aliphatic rings. The van der Waals surface area contributed by atoms with E-state index in [0.29, 0.717) is 17.2 Å². The second kappa shape index (κ2) is 9.75. The first kappa shape index (κ1) is 21.7. The summed E-state index contributed by atoms with van der Waals surface area (Å²) in [6, 6.07) is 19.3.